The van der Waals surface area contributed by atoms with E-state index < -0.39 is 5.60 Å². The van der Waals surface area contributed by atoms with Crippen molar-refractivity contribution in [1.29, 1.82) is 0 Å². The van der Waals surface area contributed by atoms with E-state index in [1.807, 2.05) is 37.4 Å². The van der Waals surface area contributed by atoms with Gasteiger partial charge < -0.3 is 20.1 Å². The van der Waals surface area contributed by atoms with Crippen molar-refractivity contribution in [2.45, 2.75) is 56.6 Å². The second-order valence-corrected chi connectivity index (χ2v) is 9.53. The Kier molecular flexibility index (Phi) is 3.84. The van der Waals surface area contributed by atoms with Crippen molar-refractivity contribution in [3.05, 3.63) is 30.5 Å². The molecule has 1 aromatic carbocycles. The summed E-state index contributed by atoms with van der Waals surface area (Å²) in [5.74, 6) is 3.59. The number of aliphatic hydroxyl groups is 1. The maximum Gasteiger partial charge on any atom is 0.128 e. The first-order chi connectivity index (χ1) is 12.5. The zero-order valence-corrected chi connectivity index (χ0v) is 15.6. The molecule has 4 bridgehead atoms. The third-order valence-electron chi connectivity index (χ3n) is 6.98. The molecule has 4 aliphatic carbocycles. The lowest BCUT2D eigenvalue weighted by Gasteiger charge is -2.57. The molecule has 0 spiro atoms. The summed E-state index contributed by atoms with van der Waals surface area (Å²) in [5, 5.41) is 15.8. The summed E-state index contributed by atoms with van der Waals surface area (Å²) in [7, 11) is 0. The highest BCUT2D eigenvalue weighted by molar-refractivity contribution is 5.85. The summed E-state index contributed by atoms with van der Waals surface area (Å²) in [4.78, 5) is 3.20. The van der Waals surface area contributed by atoms with Gasteiger partial charge in [-0.05, 0) is 81.4 Å². The van der Waals surface area contributed by atoms with Gasteiger partial charge in [-0.15, -0.1) is 0 Å². The van der Waals surface area contributed by atoms with Crippen LogP contribution in [-0.4, -0.2) is 34.4 Å². The molecule has 0 amide bonds. The third kappa shape index (κ3) is 3.03. The van der Waals surface area contributed by atoms with Crippen molar-refractivity contribution in [3.8, 4) is 5.75 Å². The van der Waals surface area contributed by atoms with E-state index >= 15 is 0 Å². The van der Waals surface area contributed by atoms with Gasteiger partial charge in [-0.25, -0.2) is 0 Å². The number of nitrogens with one attached hydrogen (secondary N) is 2. The average molecular weight is 354 g/mol. The summed E-state index contributed by atoms with van der Waals surface area (Å²) >= 11 is 0. The van der Waals surface area contributed by atoms with Gasteiger partial charge in [0, 0.05) is 29.2 Å². The molecule has 1 aromatic heterocycles. The van der Waals surface area contributed by atoms with Crippen molar-refractivity contribution in [1.82, 2.24) is 10.3 Å². The molecule has 0 aliphatic heterocycles. The van der Waals surface area contributed by atoms with Crippen LogP contribution in [0.2, 0.25) is 0 Å². The lowest BCUT2D eigenvalue weighted by Crippen LogP contribution is -2.61. The van der Waals surface area contributed by atoms with Crippen LogP contribution in [0.25, 0.3) is 10.9 Å². The van der Waals surface area contributed by atoms with Gasteiger partial charge in [0.1, 0.15) is 18.0 Å². The van der Waals surface area contributed by atoms with Gasteiger partial charge in [0.05, 0.1) is 0 Å². The van der Waals surface area contributed by atoms with Crippen molar-refractivity contribution in [3.63, 3.8) is 0 Å². The molecule has 3 N–H and O–H groups in total. The van der Waals surface area contributed by atoms with E-state index in [1.165, 1.54) is 38.5 Å². The summed E-state index contributed by atoms with van der Waals surface area (Å²) in [6, 6.07) is 8.01. The van der Waals surface area contributed by atoms with Gasteiger partial charge in [-0.1, -0.05) is 6.07 Å². The Morgan fingerprint density at radius 2 is 1.85 bits per heavy atom. The number of hydrogen-bond acceptors (Lipinski definition) is 3. The second kappa shape index (κ2) is 6.00. The second-order valence-electron chi connectivity index (χ2n) is 9.53. The molecule has 6 rings (SSSR count). The topological polar surface area (TPSA) is 57.3 Å². The monoisotopic (exact) mass is 354 g/mol. The van der Waals surface area contributed by atoms with Crippen molar-refractivity contribution in [2.24, 2.45) is 17.8 Å². The quantitative estimate of drug-likeness (QED) is 0.738. The Balaban J connectivity index is 1.22. The van der Waals surface area contributed by atoms with Gasteiger partial charge >= 0.3 is 0 Å². The van der Waals surface area contributed by atoms with Gasteiger partial charge in [-0.2, -0.15) is 0 Å². The molecule has 4 nitrogen and oxygen atoms in total. The predicted octanol–water partition coefficient (Wildman–Crippen LogP) is 3.86. The fourth-order valence-corrected chi connectivity index (χ4v) is 6.17. The van der Waals surface area contributed by atoms with Crippen LogP contribution in [0.4, 0.5) is 0 Å². The molecule has 4 aliphatic rings. The average Bonchev–Trinajstić information content (AvgIpc) is 3.07. The lowest BCUT2D eigenvalue weighted by atomic mass is 9.53. The van der Waals surface area contributed by atoms with E-state index in [4.69, 9.17) is 4.74 Å². The molecule has 26 heavy (non-hydrogen) atoms. The zero-order chi connectivity index (χ0) is 17.8. The van der Waals surface area contributed by atoms with E-state index in [1.54, 1.807) is 0 Å². The van der Waals surface area contributed by atoms with Gasteiger partial charge in [-0.3, -0.25) is 0 Å². The van der Waals surface area contributed by atoms with Gasteiger partial charge in [0.25, 0.3) is 0 Å². The summed E-state index contributed by atoms with van der Waals surface area (Å²) in [6.07, 6.45) is 10.2. The number of H-pyrrole nitrogens is 1. The fourth-order valence-electron chi connectivity index (χ4n) is 6.17. The summed E-state index contributed by atoms with van der Waals surface area (Å²) in [6.45, 7) is 2.79. The van der Waals surface area contributed by atoms with E-state index in [2.05, 4.69) is 10.3 Å². The zero-order valence-electron chi connectivity index (χ0n) is 15.6. The van der Waals surface area contributed by atoms with Crippen LogP contribution in [0.3, 0.4) is 0 Å². The Labute approximate surface area is 155 Å². The molecule has 0 unspecified atom stereocenters. The molecule has 2 aromatic rings. The largest absolute Gasteiger partial charge is 0.490 e. The molecule has 4 saturated carbocycles. The highest BCUT2D eigenvalue weighted by atomic mass is 16.5. The van der Waals surface area contributed by atoms with E-state index in [-0.39, 0.29) is 5.54 Å². The Morgan fingerprint density at radius 1 is 1.15 bits per heavy atom. The number of fused-ring (bicyclic) bond motifs is 1. The predicted molar refractivity (Wildman–Crippen MR) is 103 cm³/mol. The molecule has 4 fully saturated rings. The number of β-amino-alcohol motifs (C(OH)–C–C–N with tert-alkyl or cyclic N) is 1. The van der Waals surface area contributed by atoms with Crippen LogP contribution in [0.5, 0.6) is 5.75 Å². The van der Waals surface area contributed by atoms with Crippen molar-refractivity contribution in [2.75, 3.05) is 13.2 Å². The summed E-state index contributed by atoms with van der Waals surface area (Å²) < 4.78 is 6.00. The normalized spacial score (nSPS) is 34.9. The van der Waals surface area contributed by atoms with Crippen LogP contribution in [0.15, 0.2) is 30.5 Å². The first-order valence-electron chi connectivity index (χ1n) is 10.2. The molecule has 1 heterocycles. The molecule has 140 valence electrons. The number of hydrogen-bond donors (Lipinski definition) is 3. The Hall–Kier alpha value is -1.52. The highest BCUT2D eigenvalue weighted by Crippen LogP contribution is 2.55. The van der Waals surface area contributed by atoms with E-state index in [0.717, 1.165) is 34.4 Å². The first kappa shape index (κ1) is 16.6. The minimum atomic E-state index is -0.873. The number of aromatic nitrogens is 1. The summed E-state index contributed by atoms with van der Waals surface area (Å²) in [5.41, 5.74) is 0.468. The molecular formula is C22H30N2O2. The van der Waals surface area contributed by atoms with Crippen molar-refractivity contribution >= 4 is 10.9 Å². The van der Waals surface area contributed by atoms with Crippen LogP contribution in [0.1, 0.15) is 45.4 Å². The van der Waals surface area contributed by atoms with Gasteiger partial charge in [0.2, 0.25) is 0 Å². The van der Waals surface area contributed by atoms with Crippen LogP contribution < -0.4 is 10.1 Å². The van der Waals surface area contributed by atoms with Crippen LogP contribution in [-0.2, 0) is 0 Å². The molecule has 4 heteroatoms. The smallest absolute Gasteiger partial charge is 0.128 e. The Bertz CT molecular complexity index is 759. The minimum Gasteiger partial charge on any atom is -0.490 e. The molecule has 0 radical (unpaired) electrons. The molecular weight excluding hydrogens is 324 g/mol. The number of benzene rings is 1. The van der Waals surface area contributed by atoms with Crippen molar-refractivity contribution < 1.29 is 9.84 Å². The maximum absolute atomic E-state index is 10.9. The Morgan fingerprint density at radius 3 is 2.54 bits per heavy atom. The van der Waals surface area contributed by atoms with E-state index in [0.29, 0.717) is 13.2 Å². The molecule has 0 saturated heterocycles. The van der Waals surface area contributed by atoms with E-state index in [9.17, 15) is 5.11 Å². The minimum absolute atomic E-state index is 0.277. The maximum atomic E-state index is 10.9. The first-order valence-corrected chi connectivity index (χ1v) is 10.2. The molecule has 1 atom stereocenters. The number of rotatable bonds is 6. The van der Waals surface area contributed by atoms with Gasteiger partial charge in [0.15, 0.2) is 0 Å². The SMILES string of the molecule is C[C@](O)(CNC12CC3CC(CC(C3)C1)C2)COc1cccc2[nH]ccc12. The van der Waals surface area contributed by atoms with Crippen LogP contribution in [0, 0.1) is 17.8 Å². The van der Waals surface area contributed by atoms with Crippen LogP contribution >= 0.6 is 0 Å². The standard InChI is InChI=1S/C22H30N2O2/c1-21(25,14-26-20-4-2-3-19-18(20)5-6-23-19)13-24-22-10-15-7-16(11-22)9-17(8-15)12-22/h2-6,15-17,23-25H,7-14H2,1H3/t15?,16?,17?,21-,22?/m0/s1. The number of ether oxygens (including phenoxy) is 1. The fraction of sp³-hybridized carbons (Fsp3) is 0.636. The number of aromatic amines is 1. The highest BCUT2D eigenvalue weighted by Gasteiger charge is 2.51. The third-order valence-corrected chi connectivity index (χ3v) is 6.98. The lowest BCUT2D eigenvalue weighted by molar-refractivity contribution is -0.0430.